The number of ether oxygens (including phenoxy) is 1. The van der Waals surface area contributed by atoms with Crippen LogP contribution in [-0.4, -0.2) is 33.3 Å². The van der Waals surface area contributed by atoms with Crippen molar-refractivity contribution < 1.29 is 23.4 Å². The number of aromatic carboxylic acids is 1. The van der Waals surface area contributed by atoms with E-state index in [2.05, 4.69) is 4.98 Å². The number of nitrogens with zero attached hydrogens (tertiary/aromatic N) is 2. The Morgan fingerprint density at radius 3 is 2.89 bits per heavy atom. The van der Waals surface area contributed by atoms with Crippen LogP contribution in [0.4, 0.5) is 8.78 Å². The summed E-state index contributed by atoms with van der Waals surface area (Å²) >= 11 is 1.23. The van der Waals surface area contributed by atoms with Gasteiger partial charge in [0.2, 0.25) is 0 Å². The predicted octanol–water partition coefficient (Wildman–Crippen LogP) is 4.74. The molecule has 0 spiro atoms. The highest BCUT2D eigenvalue weighted by atomic mass is 32.1. The fourth-order valence-electron chi connectivity index (χ4n) is 3.48. The summed E-state index contributed by atoms with van der Waals surface area (Å²) in [5, 5.41) is 11.7. The standard InChI is InChI=1S/C20H18F2N2O3S/c1-11-15(20(25)26)8-18(24(11)9-13-3-2-6-27-13)17-10-28-19(23-17)14-5-4-12(21)7-16(14)22/h4-5,7-8,10,13H,2-3,6,9H2,1H3,(H,25,26). The van der Waals surface area contributed by atoms with E-state index >= 15 is 0 Å². The molecule has 1 atom stereocenters. The maximum absolute atomic E-state index is 14.1. The van der Waals surface area contributed by atoms with Crippen LogP contribution in [0.3, 0.4) is 0 Å². The van der Waals surface area contributed by atoms with Gasteiger partial charge in [-0.1, -0.05) is 0 Å². The van der Waals surface area contributed by atoms with E-state index in [1.807, 2.05) is 4.57 Å². The van der Waals surface area contributed by atoms with Crippen molar-refractivity contribution in [1.82, 2.24) is 9.55 Å². The second-order valence-corrected chi connectivity index (χ2v) is 7.60. The van der Waals surface area contributed by atoms with E-state index < -0.39 is 17.6 Å². The second kappa shape index (κ2) is 7.44. The lowest BCUT2D eigenvalue weighted by atomic mass is 10.2. The zero-order valence-corrected chi connectivity index (χ0v) is 15.9. The Morgan fingerprint density at radius 2 is 2.21 bits per heavy atom. The molecule has 28 heavy (non-hydrogen) atoms. The van der Waals surface area contributed by atoms with Gasteiger partial charge in [-0.2, -0.15) is 0 Å². The van der Waals surface area contributed by atoms with Crippen LogP contribution < -0.4 is 0 Å². The summed E-state index contributed by atoms with van der Waals surface area (Å²) in [6.07, 6.45) is 1.93. The van der Waals surface area contributed by atoms with Gasteiger partial charge in [-0.15, -0.1) is 11.3 Å². The lowest BCUT2D eigenvalue weighted by molar-refractivity contribution is 0.0694. The Kier molecular flexibility index (Phi) is 4.99. The van der Waals surface area contributed by atoms with Gasteiger partial charge in [-0.3, -0.25) is 0 Å². The zero-order chi connectivity index (χ0) is 19.8. The minimum absolute atomic E-state index is 0.0270. The van der Waals surface area contributed by atoms with Crippen molar-refractivity contribution in [3.63, 3.8) is 0 Å². The smallest absolute Gasteiger partial charge is 0.337 e. The molecule has 1 unspecified atom stereocenters. The van der Waals surface area contributed by atoms with Gasteiger partial charge >= 0.3 is 5.97 Å². The summed E-state index contributed by atoms with van der Waals surface area (Å²) in [6.45, 7) is 3.00. The number of halogens is 2. The van der Waals surface area contributed by atoms with E-state index in [-0.39, 0.29) is 17.2 Å². The van der Waals surface area contributed by atoms with Gasteiger partial charge in [0.25, 0.3) is 0 Å². The molecule has 3 heterocycles. The average Bonchev–Trinajstić information content (AvgIpc) is 3.37. The Hall–Kier alpha value is -2.58. The maximum Gasteiger partial charge on any atom is 0.337 e. The third-order valence-electron chi connectivity index (χ3n) is 4.94. The van der Waals surface area contributed by atoms with Crippen molar-refractivity contribution in [1.29, 1.82) is 0 Å². The van der Waals surface area contributed by atoms with Crippen molar-refractivity contribution in [3.05, 3.63) is 52.5 Å². The van der Waals surface area contributed by atoms with E-state index in [9.17, 15) is 18.7 Å². The number of carboxylic acid groups (broad SMARTS) is 1. The summed E-state index contributed by atoms with van der Waals surface area (Å²) < 4.78 is 34.9. The Morgan fingerprint density at radius 1 is 1.39 bits per heavy atom. The van der Waals surface area contributed by atoms with Crippen LogP contribution in [0.2, 0.25) is 0 Å². The normalized spacial score (nSPS) is 16.6. The number of thiazole rings is 1. The molecule has 146 valence electrons. The molecule has 0 radical (unpaired) electrons. The summed E-state index contributed by atoms with van der Waals surface area (Å²) in [5.74, 6) is -2.34. The second-order valence-electron chi connectivity index (χ2n) is 6.74. The zero-order valence-electron chi connectivity index (χ0n) is 15.1. The molecule has 1 aliphatic heterocycles. The van der Waals surface area contributed by atoms with Gasteiger partial charge in [-0.25, -0.2) is 18.6 Å². The highest BCUT2D eigenvalue weighted by Gasteiger charge is 2.24. The molecule has 1 aliphatic rings. The van der Waals surface area contributed by atoms with E-state index in [1.165, 1.54) is 23.5 Å². The maximum atomic E-state index is 14.1. The lowest BCUT2D eigenvalue weighted by Gasteiger charge is -2.15. The molecule has 5 nitrogen and oxygen atoms in total. The topological polar surface area (TPSA) is 64.3 Å². The van der Waals surface area contributed by atoms with Crippen molar-refractivity contribution in [3.8, 4) is 22.0 Å². The highest BCUT2D eigenvalue weighted by molar-refractivity contribution is 7.13. The number of carboxylic acids is 1. The lowest BCUT2D eigenvalue weighted by Crippen LogP contribution is -2.17. The third kappa shape index (κ3) is 3.45. The monoisotopic (exact) mass is 404 g/mol. The summed E-state index contributed by atoms with van der Waals surface area (Å²) in [4.78, 5) is 16.1. The van der Waals surface area contributed by atoms with Crippen molar-refractivity contribution in [2.75, 3.05) is 6.61 Å². The van der Waals surface area contributed by atoms with Gasteiger partial charge in [0.05, 0.1) is 23.1 Å². The minimum Gasteiger partial charge on any atom is -0.478 e. The molecule has 1 fully saturated rings. The third-order valence-corrected chi connectivity index (χ3v) is 5.81. The van der Waals surface area contributed by atoms with Crippen LogP contribution in [0.15, 0.2) is 29.6 Å². The minimum atomic E-state index is -1.01. The Bertz CT molecular complexity index is 1040. The molecule has 0 saturated carbocycles. The first-order valence-electron chi connectivity index (χ1n) is 8.90. The first-order chi connectivity index (χ1) is 13.4. The van der Waals surface area contributed by atoms with Crippen LogP contribution in [0.1, 0.15) is 28.9 Å². The van der Waals surface area contributed by atoms with Crippen LogP contribution >= 0.6 is 11.3 Å². The predicted molar refractivity (Wildman–Crippen MR) is 102 cm³/mol. The molecule has 8 heteroatoms. The summed E-state index contributed by atoms with van der Waals surface area (Å²) in [5.41, 5.74) is 2.24. The summed E-state index contributed by atoms with van der Waals surface area (Å²) in [6, 6.07) is 4.95. The molecule has 1 N–H and O–H groups in total. The average molecular weight is 404 g/mol. The van der Waals surface area contributed by atoms with Gasteiger partial charge < -0.3 is 14.4 Å². The van der Waals surface area contributed by atoms with Crippen molar-refractivity contribution in [2.24, 2.45) is 0 Å². The highest BCUT2D eigenvalue weighted by Crippen LogP contribution is 2.33. The molecule has 2 aromatic heterocycles. The molecule has 1 aromatic carbocycles. The van der Waals surface area contributed by atoms with E-state index in [0.717, 1.165) is 18.9 Å². The van der Waals surface area contributed by atoms with E-state index in [4.69, 9.17) is 4.74 Å². The number of hydrogen-bond acceptors (Lipinski definition) is 4. The van der Waals surface area contributed by atoms with Crippen LogP contribution in [0.5, 0.6) is 0 Å². The van der Waals surface area contributed by atoms with Crippen LogP contribution in [0.25, 0.3) is 22.0 Å². The molecule has 4 rings (SSSR count). The molecule has 0 aliphatic carbocycles. The fraction of sp³-hybridized carbons (Fsp3) is 0.300. The molecule has 3 aromatic rings. The number of benzene rings is 1. The largest absolute Gasteiger partial charge is 0.478 e. The molecule has 0 bridgehead atoms. The van der Waals surface area contributed by atoms with Crippen LogP contribution in [0, 0.1) is 18.6 Å². The van der Waals surface area contributed by atoms with E-state index in [1.54, 1.807) is 18.4 Å². The molecular formula is C20H18F2N2O3S. The number of rotatable bonds is 5. The quantitative estimate of drug-likeness (QED) is 0.667. The van der Waals surface area contributed by atoms with Crippen LogP contribution in [-0.2, 0) is 11.3 Å². The molecule has 0 amide bonds. The number of aromatic nitrogens is 2. The van der Waals surface area contributed by atoms with E-state index in [0.29, 0.717) is 35.2 Å². The van der Waals surface area contributed by atoms with Gasteiger partial charge in [0.15, 0.2) is 0 Å². The first kappa shape index (κ1) is 18.8. The SMILES string of the molecule is Cc1c(C(=O)O)cc(-c2csc(-c3ccc(F)cc3F)n2)n1CC1CCCO1. The Balaban J connectivity index is 1.75. The fourth-order valence-corrected chi connectivity index (χ4v) is 4.32. The van der Waals surface area contributed by atoms with Gasteiger partial charge in [0.1, 0.15) is 16.6 Å². The summed E-state index contributed by atoms with van der Waals surface area (Å²) in [7, 11) is 0. The Labute approximate surface area is 164 Å². The molecular weight excluding hydrogens is 386 g/mol. The first-order valence-corrected chi connectivity index (χ1v) is 9.78. The molecule has 1 saturated heterocycles. The number of carbonyl (C=O) groups is 1. The van der Waals surface area contributed by atoms with Gasteiger partial charge in [0, 0.05) is 35.9 Å². The van der Waals surface area contributed by atoms with Crippen molar-refractivity contribution >= 4 is 17.3 Å². The number of hydrogen-bond donors (Lipinski definition) is 1. The van der Waals surface area contributed by atoms with Gasteiger partial charge in [-0.05, 0) is 38.0 Å². The van der Waals surface area contributed by atoms with Crippen molar-refractivity contribution in [2.45, 2.75) is 32.4 Å².